The fourth-order valence-electron chi connectivity index (χ4n) is 3.29. The maximum atomic E-state index is 12.9. The molecule has 0 aromatic heterocycles. The molecule has 0 unspecified atom stereocenters. The number of urea groups is 1. The van der Waals surface area contributed by atoms with Crippen LogP contribution in [0.1, 0.15) is 18.1 Å². The Labute approximate surface area is 155 Å². The summed E-state index contributed by atoms with van der Waals surface area (Å²) in [7, 11) is 0. The lowest BCUT2D eigenvalue weighted by molar-refractivity contribution is -0.131. The fourth-order valence-corrected chi connectivity index (χ4v) is 3.50. The summed E-state index contributed by atoms with van der Waals surface area (Å²) in [6.45, 7) is 2.11. The van der Waals surface area contributed by atoms with Crippen molar-refractivity contribution in [2.75, 3.05) is 6.79 Å². The van der Waals surface area contributed by atoms with Gasteiger partial charge in [-0.05, 0) is 42.3 Å². The van der Waals surface area contributed by atoms with Crippen LogP contribution in [0.25, 0.3) is 0 Å². The highest BCUT2D eigenvalue weighted by Gasteiger charge is 2.47. The van der Waals surface area contributed by atoms with Crippen molar-refractivity contribution in [1.82, 2.24) is 10.2 Å². The third kappa shape index (κ3) is 2.97. The summed E-state index contributed by atoms with van der Waals surface area (Å²) in [6, 6.07) is 12.2. The molecule has 6 nitrogen and oxygen atoms in total. The van der Waals surface area contributed by atoms with Crippen LogP contribution in [0.5, 0.6) is 11.5 Å². The number of imide groups is 1. The Bertz CT molecular complexity index is 901. The Morgan fingerprint density at radius 3 is 2.73 bits per heavy atom. The van der Waals surface area contributed by atoms with E-state index >= 15 is 0 Å². The van der Waals surface area contributed by atoms with Gasteiger partial charge in [0.05, 0.1) is 6.54 Å². The van der Waals surface area contributed by atoms with E-state index in [0.717, 1.165) is 11.1 Å². The highest BCUT2D eigenvalue weighted by Crippen LogP contribution is 2.34. The molecule has 3 amide bonds. The zero-order valence-corrected chi connectivity index (χ0v) is 14.9. The number of rotatable bonds is 4. The molecule has 1 fully saturated rings. The second-order valence-corrected chi connectivity index (χ2v) is 7.08. The number of halogens is 1. The van der Waals surface area contributed by atoms with Gasteiger partial charge in [-0.1, -0.05) is 29.8 Å². The molecule has 134 valence electrons. The van der Waals surface area contributed by atoms with Gasteiger partial charge in [-0.2, -0.15) is 0 Å². The average molecular weight is 373 g/mol. The summed E-state index contributed by atoms with van der Waals surface area (Å²) in [4.78, 5) is 26.5. The topological polar surface area (TPSA) is 67.9 Å². The van der Waals surface area contributed by atoms with E-state index < -0.39 is 11.6 Å². The van der Waals surface area contributed by atoms with Crippen LogP contribution in [0, 0.1) is 0 Å². The molecule has 0 radical (unpaired) electrons. The molecule has 1 atom stereocenters. The van der Waals surface area contributed by atoms with Crippen molar-refractivity contribution in [3.05, 3.63) is 58.6 Å². The molecule has 2 aromatic rings. The lowest BCUT2D eigenvalue weighted by Gasteiger charge is -2.22. The van der Waals surface area contributed by atoms with E-state index in [-0.39, 0.29) is 19.2 Å². The summed E-state index contributed by atoms with van der Waals surface area (Å²) in [5, 5.41) is 3.38. The summed E-state index contributed by atoms with van der Waals surface area (Å²) < 4.78 is 10.7. The van der Waals surface area contributed by atoms with Gasteiger partial charge in [0.1, 0.15) is 5.54 Å². The van der Waals surface area contributed by atoms with Gasteiger partial charge in [0.15, 0.2) is 11.5 Å². The molecule has 26 heavy (non-hydrogen) atoms. The standard InChI is InChI=1S/C19H17ClN2O4/c1-19(9-12-5-6-15-16(8-12)26-11-25-15)17(23)22(18(24)21-19)10-13-3-2-4-14(20)7-13/h2-8H,9-11H2,1H3,(H,21,24)/t19-/m1/s1. The molecule has 2 aliphatic rings. The minimum Gasteiger partial charge on any atom is -0.454 e. The van der Waals surface area contributed by atoms with E-state index in [0.29, 0.717) is 22.9 Å². The lowest BCUT2D eigenvalue weighted by Crippen LogP contribution is -2.45. The average Bonchev–Trinajstić information content (AvgIpc) is 3.13. The number of carbonyl (C=O) groups excluding carboxylic acids is 2. The zero-order valence-electron chi connectivity index (χ0n) is 14.1. The van der Waals surface area contributed by atoms with E-state index in [1.54, 1.807) is 25.1 Å². The summed E-state index contributed by atoms with van der Waals surface area (Å²) >= 11 is 5.99. The predicted molar refractivity (Wildman–Crippen MR) is 95.2 cm³/mol. The van der Waals surface area contributed by atoms with Crippen LogP contribution in [-0.4, -0.2) is 29.2 Å². The number of hydrogen-bond donors (Lipinski definition) is 1. The molecular weight excluding hydrogens is 356 g/mol. The van der Waals surface area contributed by atoms with Crippen LogP contribution in [0.4, 0.5) is 4.79 Å². The number of fused-ring (bicyclic) bond motifs is 1. The largest absolute Gasteiger partial charge is 0.454 e. The van der Waals surface area contributed by atoms with Gasteiger partial charge < -0.3 is 14.8 Å². The summed E-state index contributed by atoms with van der Waals surface area (Å²) in [5.41, 5.74) is 0.673. The van der Waals surface area contributed by atoms with Gasteiger partial charge in [0.25, 0.3) is 5.91 Å². The number of carbonyl (C=O) groups is 2. The number of benzene rings is 2. The predicted octanol–water partition coefficient (Wildman–Crippen LogP) is 3.12. The monoisotopic (exact) mass is 372 g/mol. The van der Waals surface area contributed by atoms with Crippen molar-refractivity contribution in [1.29, 1.82) is 0 Å². The molecule has 0 spiro atoms. The van der Waals surface area contributed by atoms with Gasteiger partial charge >= 0.3 is 6.03 Å². The SMILES string of the molecule is C[C@]1(Cc2ccc3c(c2)OCO3)NC(=O)N(Cc2cccc(Cl)c2)C1=O. The van der Waals surface area contributed by atoms with Crippen molar-refractivity contribution in [2.24, 2.45) is 0 Å². The Hall–Kier alpha value is -2.73. The van der Waals surface area contributed by atoms with Crippen LogP contribution >= 0.6 is 11.6 Å². The lowest BCUT2D eigenvalue weighted by atomic mass is 9.92. The van der Waals surface area contributed by atoms with E-state index in [2.05, 4.69) is 5.32 Å². The molecule has 1 N–H and O–H groups in total. The molecule has 4 rings (SSSR count). The van der Waals surface area contributed by atoms with Gasteiger partial charge in [0, 0.05) is 11.4 Å². The maximum Gasteiger partial charge on any atom is 0.325 e. The Kier molecular flexibility index (Phi) is 4.00. The smallest absolute Gasteiger partial charge is 0.325 e. The second-order valence-electron chi connectivity index (χ2n) is 6.65. The normalized spacial score (nSPS) is 21.2. The van der Waals surface area contributed by atoms with E-state index in [1.165, 1.54) is 4.90 Å². The van der Waals surface area contributed by atoms with Crippen LogP contribution in [-0.2, 0) is 17.8 Å². The number of nitrogens with zero attached hydrogens (tertiary/aromatic N) is 1. The third-order valence-corrected chi connectivity index (χ3v) is 4.80. The van der Waals surface area contributed by atoms with Crippen molar-refractivity contribution in [3.63, 3.8) is 0 Å². The summed E-state index contributed by atoms with van der Waals surface area (Å²) in [5.74, 6) is 1.07. The molecule has 2 aliphatic heterocycles. The molecule has 1 saturated heterocycles. The van der Waals surface area contributed by atoms with Gasteiger partial charge in [-0.3, -0.25) is 9.69 Å². The number of ether oxygens (including phenoxy) is 2. The third-order valence-electron chi connectivity index (χ3n) is 4.57. The number of nitrogens with one attached hydrogen (secondary N) is 1. The van der Waals surface area contributed by atoms with Crippen molar-refractivity contribution in [3.8, 4) is 11.5 Å². The maximum absolute atomic E-state index is 12.9. The first-order chi connectivity index (χ1) is 12.4. The Balaban J connectivity index is 1.53. The highest BCUT2D eigenvalue weighted by molar-refractivity contribution is 6.30. The molecule has 7 heteroatoms. The van der Waals surface area contributed by atoms with Crippen molar-refractivity contribution in [2.45, 2.75) is 25.4 Å². The van der Waals surface area contributed by atoms with E-state index in [4.69, 9.17) is 21.1 Å². The van der Waals surface area contributed by atoms with Crippen LogP contribution < -0.4 is 14.8 Å². The number of amides is 3. The Morgan fingerprint density at radius 2 is 1.92 bits per heavy atom. The first kappa shape index (κ1) is 16.7. The van der Waals surface area contributed by atoms with Crippen molar-refractivity contribution < 1.29 is 19.1 Å². The fraction of sp³-hybridized carbons (Fsp3) is 0.263. The summed E-state index contributed by atoms with van der Waals surface area (Å²) in [6.07, 6.45) is 0.361. The van der Waals surface area contributed by atoms with E-state index in [1.807, 2.05) is 24.3 Å². The molecule has 2 aromatic carbocycles. The van der Waals surface area contributed by atoms with Crippen LogP contribution in [0.15, 0.2) is 42.5 Å². The minimum absolute atomic E-state index is 0.182. The van der Waals surface area contributed by atoms with Crippen LogP contribution in [0.2, 0.25) is 5.02 Å². The number of hydrogen-bond acceptors (Lipinski definition) is 4. The molecule has 0 saturated carbocycles. The molecule has 0 bridgehead atoms. The van der Waals surface area contributed by atoms with Gasteiger partial charge in [-0.15, -0.1) is 0 Å². The minimum atomic E-state index is -1.01. The van der Waals surface area contributed by atoms with Crippen LogP contribution in [0.3, 0.4) is 0 Å². The second kappa shape index (κ2) is 6.21. The first-order valence-electron chi connectivity index (χ1n) is 8.22. The molecular formula is C19H17ClN2O4. The first-order valence-corrected chi connectivity index (χ1v) is 8.59. The molecule has 0 aliphatic carbocycles. The van der Waals surface area contributed by atoms with Gasteiger partial charge in [-0.25, -0.2) is 4.79 Å². The Morgan fingerprint density at radius 1 is 1.12 bits per heavy atom. The highest BCUT2D eigenvalue weighted by atomic mass is 35.5. The van der Waals surface area contributed by atoms with E-state index in [9.17, 15) is 9.59 Å². The molecule has 2 heterocycles. The zero-order chi connectivity index (χ0) is 18.3. The quantitative estimate of drug-likeness (QED) is 0.837. The van der Waals surface area contributed by atoms with Gasteiger partial charge in [0.2, 0.25) is 6.79 Å². The van der Waals surface area contributed by atoms with Crippen molar-refractivity contribution >= 4 is 23.5 Å².